The first-order chi connectivity index (χ1) is 15.5. The maximum Gasteiger partial charge on any atom is 0.306 e. The number of carbonyl (C=O) groups is 2. The van der Waals surface area contributed by atoms with E-state index in [2.05, 4.69) is 36.4 Å². The molecule has 0 aromatic heterocycles. The maximum absolute atomic E-state index is 11.6. The average molecular weight is 476 g/mol. The molecule has 0 spiro atoms. The van der Waals surface area contributed by atoms with E-state index in [0.29, 0.717) is 12.6 Å². The second-order valence-electron chi connectivity index (χ2n) is 8.40. The van der Waals surface area contributed by atoms with Crippen molar-refractivity contribution in [1.29, 1.82) is 0 Å². The van der Waals surface area contributed by atoms with Gasteiger partial charge >= 0.3 is 5.97 Å². The molecule has 1 atom stereocenters. The van der Waals surface area contributed by atoms with Crippen LogP contribution < -0.4 is 14.9 Å². The van der Waals surface area contributed by atoms with Gasteiger partial charge in [0, 0.05) is 32.8 Å². The van der Waals surface area contributed by atoms with Crippen molar-refractivity contribution in [2.75, 3.05) is 39.3 Å². The van der Waals surface area contributed by atoms with Crippen molar-refractivity contribution in [1.82, 2.24) is 0 Å². The highest BCUT2D eigenvalue weighted by Gasteiger charge is 2.34. The summed E-state index contributed by atoms with van der Waals surface area (Å²) in [5, 5.41) is 11.2. The predicted octanol–water partition coefficient (Wildman–Crippen LogP) is -0.0549. The molecule has 8 heteroatoms. The van der Waals surface area contributed by atoms with E-state index < -0.39 is 11.9 Å². The van der Waals surface area contributed by atoms with Crippen LogP contribution in [0.5, 0.6) is 0 Å². The number of carboxylic acid groups (broad SMARTS) is 1. The van der Waals surface area contributed by atoms with Crippen molar-refractivity contribution < 1.29 is 29.2 Å². The monoisotopic (exact) mass is 475 g/mol. The number of esters is 1. The SMILES string of the molecule is O=C([O-])CCC(=O)OCC[NH+]1CC[NH+]([C@@H]2Cc3cc(Cl)ccc3Sc3ccccc32)CC1. The first-order valence-electron chi connectivity index (χ1n) is 11.1. The molecule has 0 bridgehead atoms. The third kappa shape index (κ3) is 5.84. The Bertz CT molecular complexity index is 978. The lowest BCUT2D eigenvalue weighted by Gasteiger charge is -2.35. The van der Waals surface area contributed by atoms with Crippen LogP contribution in [0.1, 0.15) is 30.0 Å². The van der Waals surface area contributed by atoms with Crippen LogP contribution in [0, 0.1) is 0 Å². The number of fused-ring (bicyclic) bond motifs is 2. The van der Waals surface area contributed by atoms with Crippen molar-refractivity contribution >= 4 is 35.3 Å². The third-order valence-electron chi connectivity index (χ3n) is 6.30. The maximum atomic E-state index is 11.6. The predicted molar refractivity (Wildman–Crippen MR) is 120 cm³/mol. The minimum absolute atomic E-state index is 0.125. The summed E-state index contributed by atoms with van der Waals surface area (Å²) in [7, 11) is 0. The highest BCUT2D eigenvalue weighted by molar-refractivity contribution is 7.99. The number of piperazine rings is 1. The van der Waals surface area contributed by atoms with Crippen LogP contribution in [0.2, 0.25) is 5.02 Å². The van der Waals surface area contributed by atoms with Crippen LogP contribution in [0.25, 0.3) is 0 Å². The summed E-state index contributed by atoms with van der Waals surface area (Å²) >= 11 is 8.15. The van der Waals surface area contributed by atoms with Crippen molar-refractivity contribution in [2.45, 2.75) is 35.1 Å². The number of aliphatic carboxylic acids is 1. The Kier molecular flexibility index (Phi) is 7.73. The Labute approximate surface area is 197 Å². The van der Waals surface area contributed by atoms with Gasteiger partial charge in [0.05, 0.1) is 6.42 Å². The van der Waals surface area contributed by atoms with Crippen molar-refractivity contribution in [3.63, 3.8) is 0 Å². The Morgan fingerprint density at radius 2 is 1.84 bits per heavy atom. The topological polar surface area (TPSA) is 75.3 Å². The minimum atomic E-state index is -1.23. The number of ether oxygens (including phenoxy) is 1. The molecule has 170 valence electrons. The zero-order valence-electron chi connectivity index (χ0n) is 17.9. The van der Waals surface area contributed by atoms with Crippen LogP contribution in [-0.2, 0) is 20.7 Å². The smallest absolute Gasteiger partial charge is 0.306 e. The van der Waals surface area contributed by atoms with Crippen LogP contribution in [-0.4, -0.2) is 51.3 Å². The summed E-state index contributed by atoms with van der Waals surface area (Å²) in [6.07, 6.45) is 0.560. The van der Waals surface area contributed by atoms with E-state index in [0.717, 1.165) is 44.2 Å². The summed E-state index contributed by atoms with van der Waals surface area (Å²) in [6, 6.07) is 15.3. The third-order valence-corrected chi connectivity index (χ3v) is 7.75. The first-order valence-corrected chi connectivity index (χ1v) is 12.3. The van der Waals surface area contributed by atoms with Gasteiger partial charge in [-0.2, -0.15) is 0 Å². The lowest BCUT2D eigenvalue weighted by molar-refractivity contribution is -1.03. The molecule has 2 N–H and O–H groups in total. The zero-order valence-corrected chi connectivity index (χ0v) is 19.5. The number of carbonyl (C=O) groups excluding carboxylic acids is 2. The van der Waals surface area contributed by atoms with Gasteiger partial charge in [-0.25, -0.2) is 0 Å². The summed E-state index contributed by atoms with van der Waals surface area (Å²) < 4.78 is 5.18. The molecule has 1 fully saturated rings. The van der Waals surface area contributed by atoms with E-state index in [1.165, 1.54) is 25.8 Å². The summed E-state index contributed by atoms with van der Waals surface area (Å²) in [5.41, 5.74) is 2.72. The largest absolute Gasteiger partial charge is 0.550 e. The Balaban J connectivity index is 1.35. The van der Waals surface area contributed by atoms with E-state index in [-0.39, 0.29) is 12.8 Å². The standard InChI is InChI=1S/C24H27ClN2O4S/c25-18-5-6-21-17(15-18)16-20(19-3-1-2-4-22(19)32-21)27-11-9-26(10-12-27)13-14-31-24(30)8-7-23(28)29/h1-6,15,20H,7-14,16H2,(H,28,29)/p+1/t20-/m1/s1. The molecule has 0 saturated carbocycles. The highest BCUT2D eigenvalue weighted by Crippen LogP contribution is 2.40. The van der Waals surface area contributed by atoms with Crippen molar-refractivity contribution in [2.24, 2.45) is 0 Å². The van der Waals surface area contributed by atoms with Gasteiger partial charge in [0.15, 0.2) is 0 Å². The number of hydrogen-bond donors (Lipinski definition) is 2. The number of rotatable bonds is 7. The molecule has 2 aliphatic heterocycles. The van der Waals surface area contributed by atoms with Gasteiger partial charge in [0.1, 0.15) is 45.4 Å². The van der Waals surface area contributed by atoms with Crippen LogP contribution in [0.3, 0.4) is 0 Å². The van der Waals surface area contributed by atoms with Gasteiger partial charge in [-0.05, 0) is 36.2 Å². The molecule has 4 rings (SSSR count). The number of benzene rings is 2. The van der Waals surface area contributed by atoms with Crippen molar-refractivity contribution in [3.8, 4) is 0 Å². The molecule has 6 nitrogen and oxygen atoms in total. The molecule has 0 amide bonds. The van der Waals surface area contributed by atoms with E-state index in [1.54, 1.807) is 4.90 Å². The van der Waals surface area contributed by atoms with Gasteiger partial charge in [-0.15, -0.1) is 0 Å². The average Bonchev–Trinajstić information content (AvgIpc) is 2.95. The lowest BCUT2D eigenvalue weighted by Crippen LogP contribution is -3.28. The second kappa shape index (κ2) is 10.7. The fourth-order valence-corrected chi connectivity index (χ4v) is 5.91. The van der Waals surface area contributed by atoms with Gasteiger partial charge in [0.25, 0.3) is 0 Å². The molecule has 2 aromatic carbocycles. The molecule has 1 saturated heterocycles. The molecule has 32 heavy (non-hydrogen) atoms. The normalized spacial score (nSPS) is 22.3. The molecule has 0 unspecified atom stereocenters. The molecular formula is C24H28ClN2O4S+. The van der Waals surface area contributed by atoms with Crippen molar-refractivity contribution in [3.05, 3.63) is 58.6 Å². The molecule has 2 heterocycles. The van der Waals surface area contributed by atoms with Gasteiger partial charge in [-0.3, -0.25) is 4.79 Å². The van der Waals surface area contributed by atoms with E-state index in [4.69, 9.17) is 16.3 Å². The van der Waals surface area contributed by atoms with E-state index in [9.17, 15) is 14.7 Å². The van der Waals surface area contributed by atoms with Crippen LogP contribution in [0.15, 0.2) is 52.3 Å². The molecular weight excluding hydrogens is 448 g/mol. The van der Waals surface area contributed by atoms with Gasteiger partial charge in [-0.1, -0.05) is 41.6 Å². The number of carboxylic acids is 1. The zero-order chi connectivity index (χ0) is 22.5. The number of nitrogens with one attached hydrogen (secondary N) is 2. The Morgan fingerprint density at radius 3 is 2.62 bits per heavy atom. The molecule has 2 aromatic rings. The first kappa shape index (κ1) is 23.1. The lowest BCUT2D eigenvalue weighted by atomic mass is 9.96. The van der Waals surface area contributed by atoms with Crippen LogP contribution in [0.4, 0.5) is 0 Å². The Morgan fingerprint density at radius 1 is 1.06 bits per heavy atom. The van der Waals surface area contributed by atoms with E-state index >= 15 is 0 Å². The quantitative estimate of drug-likeness (QED) is 0.549. The van der Waals surface area contributed by atoms with Gasteiger partial charge in [0.2, 0.25) is 0 Å². The highest BCUT2D eigenvalue weighted by atomic mass is 35.5. The molecule has 0 radical (unpaired) electrons. The number of halogens is 1. The molecule has 0 aliphatic carbocycles. The Hall–Kier alpha value is -2.06. The second-order valence-corrected chi connectivity index (χ2v) is 9.92. The number of hydrogen-bond acceptors (Lipinski definition) is 5. The summed E-state index contributed by atoms with van der Waals surface area (Å²) in [4.78, 5) is 27.6. The van der Waals surface area contributed by atoms with E-state index in [1.807, 2.05) is 17.8 Å². The minimum Gasteiger partial charge on any atom is -0.550 e. The summed E-state index contributed by atoms with van der Waals surface area (Å²) in [6.45, 7) is 5.20. The van der Waals surface area contributed by atoms with Gasteiger partial charge < -0.3 is 24.4 Å². The molecule has 2 aliphatic rings. The van der Waals surface area contributed by atoms with Crippen LogP contribution >= 0.6 is 23.4 Å². The number of quaternary nitrogens is 2. The fourth-order valence-electron chi connectivity index (χ4n) is 4.59. The summed E-state index contributed by atoms with van der Waals surface area (Å²) in [5.74, 6) is -1.70. The fraction of sp³-hybridized carbons (Fsp3) is 0.417.